The van der Waals surface area contributed by atoms with E-state index in [-0.39, 0.29) is 23.9 Å². The lowest BCUT2D eigenvalue weighted by Gasteiger charge is -2.35. The minimum absolute atomic E-state index is 0. The van der Waals surface area contributed by atoms with E-state index in [1.807, 2.05) is 0 Å². The molecule has 6 heteroatoms. The van der Waals surface area contributed by atoms with Gasteiger partial charge in [-0.25, -0.2) is 4.39 Å². The molecule has 2 unspecified atom stereocenters. The molecule has 2 aliphatic rings. The number of carbonyl (C=O) groups is 1. The zero-order chi connectivity index (χ0) is 14.1. The zero-order valence-corrected chi connectivity index (χ0v) is 12.8. The van der Waals surface area contributed by atoms with Crippen LogP contribution in [0, 0.1) is 11.7 Å². The zero-order valence-electron chi connectivity index (χ0n) is 12.0. The molecule has 1 amide bonds. The predicted molar refractivity (Wildman–Crippen MR) is 80.6 cm³/mol. The van der Waals surface area contributed by atoms with Crippen LogP contribution in [0.15, 0.2) is 18.2 Å². The number of carbonyl (C=O) groups excluding carboxylic acids is 1. The van der Waals surface area contributed by atoms with Crippen molar-refractivity contribution in [2.45, 2.75) is 18.9 Å². The number of methoxy groups -OCH3 is 1. The van der Waals surface area contributed by atoms with Crippen molar-refractivity contribution in [3.63, 3.8) is 0 Å². The van der Waals surface area contributed by atoms with Crippen molar-refractivity contribution < 1.29 is 13.9 Å². The second-order valence-electron chi connectivity index (χ2n) is 5.47. The summed E-state index contributed by atoms with van der Waals surface area (Å²) >= 11 is 0. The molecule has 4 nitrogen and oxygen atoms in total. The fraction of sp³-hybridized carbons (Fsp3) is 0.533. The Balaban J connectivity index is 0.00000161. The van der Waals surface area contributed by atoms with Gasteiger partial charge in [-0.05, 0) is 37.4 Å². The molecule has 0 bridgehead atoms. The van der Waals surface area contributed by atoms with Gasteiger partial charge in [0.05, 0.1) is 7.11 Å². The quantitative estimate of drug-likeness (QED) is 0.909. The number of amides is 1. The number of likely N-dealkylation sites (tertiary alicyclic amines) is 1. The first kappa shape index (κ1) is 16.0. The van der Waals surface area contributed by atoms with Crippen molar-refractivity contribution in [3.8, 4) is 5.75 Å². The summed E-state index contributed by atoms with van der Waals surface area (Å²) in [5.74, 6) is 0.0264. The van der Waals surface area contributed by atoms with Crippen molar-refractivity contribution in [1.82, 2.24) is 10.2 Å². The van der Waals surface area contributed by atoms with E-state index in [0.29, 0.717) is 30.8 Å². The Morgan fingerprint density at radius 2 is 2.24 bits per heavy atom. The van der Waals surface area contributed by atoms with Crippen LogP contribution in [0.2, 0.25) is 0 Å². The summed E-state index contributed by atoms with van der Waals surface area (Å²) in [6.07, 6.45) is 2.02. The number of rotatable bonds is 2. The molecule has 0 saturated carbocycles. The van der Waals surface area contributed by atoms with E-state index in [0.717, 1.165) is 19.4 Å². The van der Waals surface area contributed by atoms with Crippen molar-refractivity contribution in [3.05, 3.63) is 29.6 Å². The number of fused-ring (bicyclic) bond motifs is 1. The van der Waals surface area contributed by atoms with E-state index in [1.54, 1.807) is 17.0 Å². The topological polar surface area (TPSA) is 41.6 Å². The van der Waals surface area contributed by atoms with E-state index in [9.17, 15) is 9.18 Å². The molecule has 0 aromatic heterocycles. The number of ether oxygens (including phenoxy) is 1. The van der Waals surface area contributed by atoms with Crippen LogP contribution in [0.4, 0.5) is 4.39 Å². The highest BCUT2D eigenvalue weighted by Crippen LogP contribution is 2.28. The highest BCUT2D eigenvalue weighted by Gasteiger charge is 2.35. The largest absolute Gasteiger partial charge is 0.496 e. The maximum absolute atomic E-state index is 14.0. The lowest BCUT2D eigenvalue weighted by Crippen LogP contribution is -2.47. The molecule has 1 N–H and O–H groups in total. The van der Waals surface area contributed by atoms with E-state index in [4.69, 9.17) is 4.74 Å². The summed E-state index contributed by atoms with van der Waals surface area (Å²) in [6.45, 7) is 2.39. The summed E-state index contributed by atoms with van der Waals surface area (Å²) in [5.41, 5.74) is 0.0550. The molecule has 1 aromatic carbocycles. The van der Waals surface area contributed by atoms with Crippen molar-refractivity contribution in [1.29, 1.82) is 0 Å². The molecule has 0 radical (unpaired) electrons. The Kier molecular flexibility index (Phi) is 5.06. The highest BCUT2D eigenvalue weighted by molar-refractivity contribution is 5.97. The average Bonchev–Trinajstić information content (AvgIpc) is 2.93. The highest BCUT2D eigenvalue weighted by atomic mass is 35.5. The summed E-state index contributed by atoms with van der Waals surface area (Å²) in [6, 6.07) is 5.00. The van der Waals surface area contributed by atoms with Crippen LogP contribution in [-0.2, 0) is 0 Å². The number of nitrogens with one attached hydrogen (secondary N) is 1. The van der Waals surface area contributed by atoms with Gasteiger partial charge in [0, 0.05) is 19.1 Å². The van der Waals surface area contributed by atoms with Crippen LogP contribution in [0.1, 0.15) is 23.2 Å². The third-order valence-electron chi connectivity index (χ3n) is 4.35. The first-order valence-corrected chi connectivity index (χ1v) is 7.06. The number of halogens is 2. The molecule has 2 fully saturated rings. The third-order valence-corrected chi connectivity index (χ3v) is 4.35. The first-order valence-electron chi connectivity index (χ1n) is 7.06. The van der Waals surface area contributed by atoms with Gasteiger partial charge in [-0.1, -0.05) is 6.07 Å². The van der Waals surface area contributed by atoms with Gasteiger partial charge in [0.15, 0.2) is 0 Å². The number of piperidine rings is 1. The SMILES string of the molecule is COc1cccc(F)c1C(=O)N1CCC2NCCC2C1.Cl. The molecule has 3 rings (SSSR count). The maximum Gasteiger partial charge on any atom is 0.260 e. The minimum Gasteiger partial charge on any atom is -0.496 e. The van der Waals surface area contributed by atoms with Gasteiger partial charge in [-0.2, -0.15) is 0 Å². The van der Waals surface area contributed by atoms with E-state index < -0.39 is 5.82 Å². The van der Waals surface area contributed by atoms with Crippen molar-refractivity contribution in [2.75, 3.05) is 26.7 Å². The Morgan fingerprint density at radius 3 is 3.00 bits per heavy atom. The summed E-state index contributed by atoms with van der Waals surface area (Å²) in [5, 5.41) is 3.45. The summed E-state index contributed by atoms with van der Waals surface area (Å²) in [7, 11) is 1.46. The molecule has 2 saturated heterocycles. The first-order chi connectivity index (χ1) is 9.70. The van der Waals surface area contributed by atoms with E-state index in [1.165, 1.54) is 13.2 Å². The van der Waals surface area contributed by atoms with Crippen molar-refractivity contribution in [2.24, 2.45) is 5.92 Å². The smallest absolute Gasteiger partial charge is 0.260 e. The van der Waals surface area contributed by atoms with Crippen LogP contribution < -0.4 is 10.1 Å². The van der Waals surface area contributed by atoms with Crippen LogP contribution in [0.25, 0.3) is 0 Å². The molecule has 0 spiro atoms. The molecule has 0 aliphatic carbocycles. The molecule has 21 heavy (non-hydrogen) atoms. The Hall–Kier alpha value is -1.33. The average molecular weight is 315 g/mol. The van der Waals surface area contributed by atoms with Crippen LogP contribution in [0.3, 0.4) is 0 Å². The molecule has 2 aliphatic heterocycles. The fourth-order valence-electron chi connectivity index (χ4n) is 3.27. The van der Waals surface area contributed by atoms with Gasteiger partial charge < -0.3 is 15.0 Å². The van der Waals surface area contributed by atoms with Crippen molar-refractivity contribution >= 4 is 18.3 Å². The van der Waals surface area contributed by atoms with Gasteiger partial charge >= 0.3 is 0 Å². The van der Waals surface area contributed by atoms with Gasteiger partial charge in [-0.3, -0.25) is 4.79 Å². The second-order valence-corrected chi connectivity index (χ2v) is 5.47. The van der Waals surface area contributed by atoms with Gasteiger partial charge in [0.1, 0.15) is 17.1 Å². The van der Waals surface area contributed by atoms with E-state index in [2.05, 4.69) is 5.32 Å². The second kappa shape index (κ2) is 6.62. The van der Waals surface area contributed by atoms with Crippen LogP contribution in [-0.4, -0.2) is 43.6 Å². The molecule has 2 heterocycles. The fourth-order valence-corrected chi connectivity index (χ4v) is 3.27. The van der Waals surface area contributed by atoms with Gasteiger partial charge in [0.2, 0.25) is 0 Å². The molecule has 2 atom stereocenters. The number of hydrogen-bond donors (Lipinski definition) is 1. The summed E-state index contributed by atoms with van der Waals surface area (Å²) in [4.78, 5) is 14.3. The minimum atomic E-state index is -0.513. The molecule has 116 valence electrons. The standard InChI is InChI=1S/C15H19FN2O2.ClH/c1-20-13-4-2-3-11(16)14(13)15(19)18-8-6-12-10(9-18)5-7-17-12;/h2-4,10,12,17H,5-9H2,1H3;1H. The predicted octanol–water partition coefficient (Wildman–Crippen LogP) is 2.08. The Bertz CT molecular complexity index is 526. The number of benzene rings is 1. The lowest BCUT2D eigenvalue weighted by molar-refractivity contribution is 0.0653. The van der Waals surface area contributed by atoms with Gasteiger partial charge in [-0.15, -0.1) is 12.4 Å². The lowest BCUT2D eigenvalue weighted by atomic mass is 9.93. The Labute approximate surface area is 130 Å². The monoisotopic (exact) mass is 314 g/mol. The normalized spacial score (nSPS) is 24.2. The third kappa shape index (κ3) is 2.99. The van der Waals surface area contributed by atoms with Crippen LogP contribution >= 0.6 is 12.4 Å². The van der Waals surface area contributed by atoms with Crippen LogP contribution in [0.5, 0.6) is 5.75 Å². The van der Waals surface area contributed by atoms with E-state index >= 15 is 0 Å². The number of hydrogen-bond acceptors (Lipinski definition) is 3. The molecular formula is C15H20ClFN2O2. The molecular weight excluding hydrogens is 295 g/mol. The Morgan fingerprint density at radius 1 is 1.43 bits per heavy atom. The maximum atomic E-state index is 14.0. The van der Waals surface area contributed by atoms with Gasteiger partial charge in [0.25, 0.3) is 5.91 Å². The summed E-state index contributed by atoms with van der Waals surface area (Å²) < 4.78 is 19.1. The molecule has 1 aromatic rings. The number of nitrogens with zero attached hydrogens (tertiary/aromatic N) is 1.